The number of imidazole rings is 1. The van der Waals surface area contributed by atoms with E-state index in [4.69, 9.17) is 14.5 Å². The molecule has 0 saturated heterocycles. The van der Waals surface area contributed by atoms with Gasteiger partial charge in [-0.1, -0.05) is 13.0 Å². The fraction of sp³-hybridized carbons (Fsp3) is 0.536. The van der Waals surface area contributed by atoms with E-state index in [0.717, 1.165) is 53.7 Å². The van der Waals surface area contributed by atoms with Gasteiger partial charge in [-0.3, -0.25) is 14.9 Å². The van der Waals surface area contributed by atoms with Crippen LogP contribution in [0.5, 0.6) is 0 Å². The first-order valence-corrected chi connectivity index (χ1v) is 13.0. The number of rotatable bonds is 11. The number of fused-ring (bicyclic) bond motifs is 1. The van der Waals surface area contributed by atoms with Crippen molar-refractivity contribution >= 4 is 17.0 Å². The number of carbonyl (C=O) groups is 1. The Kier molecular flexibility index (Phi) is 8.46. The van der Waals surface area contributed by atoms with Gasteiger partial charge >= 0.3 is 5.97 Å². The summed E-state index contributed by atoms with van der Waals surface area (Å²) in [6.07, 6.45) is 4.59. The zero-order valence-corrected chi connectivity index (χ0v) is 22.4. The fourth-order valence-corrected chi connectivity index (χ4v) is 4.80. The Labute approximate surface area is 217 Å². The van der Waals surface area contributed by atoms with Crippen molar-refractivity contribution in [2.24, 2.45) is 7.05 Å². The van der Waals surface area contributed by atoms with Crippen molar-refractivity contribution in [3.8, 4) is 11.4 Å². The summed E-state index contributed by atoms with van der Waals surface area (Å²) in [7, 11) is 3.44. The van der Waals surface area contributed by atoms with Gasteiger partial charge in [-0.05, 0) is 63.3 Å². The molecule has 0 bridgehead atoms. The number of nitrogens with zero attached hydrogens (tertiary/aromatic N) is 3. The lowest BCUT2D eigenvalue weighted by Crippen LogP contribution is -2.47. The summed E-state index contributed by atoms with van der Waals surface area (Å²) in [6.45, 7) is 6.42. The summed E-state index contributed by atoms with van der Waals surface area (Å²) in [5.74, 6) is 0.358. The molecule has 37 heavy (non-hydrogen) atoms. The zero-order valence-electron chi connectivity index (χ0n) is 22.4. The molecule has 1 aliphatic carbocycles. The minimum atomic E-state index is -0.880. The van der Waals surface area contributed by atoms with E-state index in [1.807, 2.05) is 37.4 Å². The van der Waals surface area contributed by atoms with Crippen LogP contribution >= 0.6 is 0 Å². The third kappa shape index (κ3) is 5.79. The Bertz CT molecular complexity index is 1280. The highest BCUT2D eigenvalue weighted by Crippen LogP contribution is 2.31. The Hall–Kier alpha value is -3.01. The van der Waals surface area contributed by atoms with Crippen LogP contribution in [0.1, 0.15) is 56.7 Å². The van der Waals surface area contributed by atoms with Crippen LogP contribution < -0.4 is 10.9 Å². The zero-order chi connectivity index (χ0) is 26.7. The van der Waals surface area contributed by atoms with Gasteiger partial charge in [0.1, 0.15) is 18.0 Å². The van der Waals surface area contributed by atoms with Crippen LogP contribution in [0, 0.1) is 6.92 Å². The molecular weight excluding hydrogens is 472 g/mol. The minimum absolute atomic E-state index is 0.0333. The molecule has 3 atom stereocenters. The monoisotopic (exact) mass is 510 g/mol. The molecule has 0 aliphatic heterocycles. The normalized spacial score (nSPS) is 16.4. The third-order valence-electron chi connectivity index (χ3n) is 7.17. The van der Waals surface area contributed by atoms with Gasteiger partial charge in [0.25, 0.3) is 5.56 Å². The third-order valence-corrected chi connectivity index (χ3v) is 7.17. The molecule has 1 aromatic carbocycles. The van der Waals surface area contributed by atoms with Gasteiger partial charge < -0.3 is 23.7 Å². The number of benzene rings is 1. The van der Waals surface area contributed by atoms with E-state index in [1.165, 1.54) is 0 Å². The maximum Gasteiger partial charge on any atom is 0.326 e. The van der Waals surface area contributed by atoms with E-state index >= 15 is 0 Å². The Morgan fingerprint density at radius 3 is 2.65 bits per heavy atom. The number of ether oxygens (including phenoxy) is 2. The molecule has 1 fully saturated rings. The molecule has 1 saturated carbocycles. The molecule has 2 aromatic heterocycles. The van der Waals surface area contributed by atoms with Crippen LogP contribution in [0.25, 0.3) is 22.4 Å². The molecular formula is C28H38N4O5. The van der Waals surface area contributed by atoms with Crippen molar-refractivity contribution in [1.82, 2.24) is 19.4 Å². The number of aryl methyl sites for hydroxylation is 2. The lowest BCUT2D eigenvalue weighted by Gasteiger charge is -2.28. The van der Waals surface area contributed by atoms with E-state index in [2.05, 4.69) is 16.8 Å². The molecule has 0 spiro atoms. The first-order chi connectivity index (χ1) is 17.7. The summed E-state index contributed by atoms with van der Waals surface area (Å²) >= 11 is 0. The van der Waals surface area contributed by atoms with E-state index in [0.29, 0.717) is 18.7 Å². The van der Waals surface area contributed by atoms with Gasteiger partial charge in [0.15, 0.2) is 0 Å². The predicted molar refractivity (Wildman–Crippen MR) is 142 cm³/mol. The molecule has 3 unspecified atom stereocenters. The molecule has 0 amide bonds. The predicted octanol–water partition coefficient (Wildman–Crippen LogP) is 3.24. The van der Waals surface area contributed by atoms with E-state index in [9.17, 15) is 14.7 Å². The molecule has 0 radical (unpaired) electrons. The number of nitrogens with one attached hydrogen (secondary N) is 1. The summed E-state index contributed by atoms with van der Waals surface area (Å²) < 4.78 is 14.8. The summed E-state index contributed by atoms with van der Waals surface area (Å²) in [4.78, 5) is 29.9. The van der Waals surface area contributed by atoms with Crippen molar-refractivity contribution < 1.29 is 19.4 Å². The van der Waals surface area contributed by atoms with Gasteiger partial charge in [-0.15, -0.1) is 0 Å². The molecule has 4 rings (SSSR count). The van der Waals surface area contributed by atoms with Gasteiger partial charge in [0.2, 0.25) is 0 Å². The maximum atomic E-state index is 12.6. The smallest absolute Gasteiger partial charge is 0.326 e. The van der Waals surface area contributed by atoms with Crippen LogP contribution in [-0.4, -0.2) is 57.2 Å². The summed E-state index contributed by atoms with van der Waals surface area (Å²) in [5, 5.41) is 13.4. The highest BCUT2D eigenvalue weighted by Gasteiger charge is 2.30. The first-order valence-electron chi connectivity index (χ1n) is 13.0. The fourth-order valence-electron chi connectivity index (χ4n) is 4.80. The number of pyridine rings is 1. The van der Waals surface area contributed by atoms with Crippen molar-refractivity contribution in [2.45, 2.75) is 77.3 Å². The van der Waals surface area contributed by atoms with Gasteiger partial charge in [-0.2, -0.15) is 0 Å². The number of aliphatic hydroxyl groups is 1. The van der Waals surface area contributed by atoms with Crippen LogP contribution in [-0.2, 0) is 27.9 Å². The molecule has 1 aliphatic rings. The quantitative estimate of drug-likeness (QED) is 0.381. The lowest BCUT2D eigenvalue weighted by molar-refractivity contribution is -0.158. The molecule has 2 N–H and O–H groups in total. The number of aromatic nitrogens is 3. The summed E-state index contributed by atoms with van der Waals surface area (Å²) in [5.41, 5.74) is 4.18. The maximum absolute atomic E-state index is 12.6. The van der Waals surface area contributed by atoms with Gasteiger partial charge in [-0.25, -0.2) is 4.98 Å². The highest BCUT2D eigenvalue weighted by molar-refractivity contribution is 5.82. The highest BCUT2D eigenvalue weighted by atomic mass is 16.5. The number of aliphatic hydroxyl groups excluding tert-OH is 1. The topological polar surface area (TPSA) is 108 Å². The second-order valence-electron chi connectivity index (χ2n) is 10.1. The Morgan fingerprint density at radius 2 is 2.05 bits per heavy atom. The van der Waals surface area contributed by atoms with Gasteiger partial charge in [0, 0.05) is 38.0 Å². The Balaban J connectivity index is 1.67. The van der Waals surface area contributed by atoms with Crippen LogP contribution in [0.4, 0.5) is 0 Å². The van der Waals surface area contributed by atoms with Crippen LogP contribution in [0.3, 0.4) is 0 Å². The second kappa shape index (κ2) is 11.6. The van der Waals surface area contributed by atoms with Crippen molar-refractivity contribution in [3.63, 3.8) is 0 Å². The van der Waals surface area contributed by atoms with Crippen molar-refractivity contribution in [3.05, 3.63) is 51.9 Å². The van der Waals surface area contributed by atoms with Crippen molar-refractivity contribution in [1.29, 1.82) is 0 Å². The Morgan fingerprint density at radius 1 is 1.30 bits per heavy atom. The molecule has 2 heterocycles. The number of esters is 1. The largest absolute Gasteiger partial charge is 0.461 e. The minimum Gasteiger partial charge on any atom is -0.461 e. The van der Waals surface area contributed by atoms with E-state index < -0.39 is 18.1 Å². The average molecular weight is 511 g/mol. The number of methoxy groups -OCH3 is 1. The second-order valence-corrected chi connectivity index (χ2v) is 10.1. The summed E-state index contributed by atoms with van der Waals surface area (Å²) in [6, 6.07) is 7.16. The molecule has 3 aromatic rings. The van der Waals surface area contributed by atoms with Crippen LogP contribution in [0.2, 0.25) is 0 Å². The van der Waals surface area contributed by atoms with E-state index in [-0.39, 0.29) is 17.7 Å². The van der Waals surface area contributed by atoms with E-state index in [1.54, 1.807) is 25.6 Å². The van der Waals surface area contributed by atoms with Gasteiger partial charge in [0.05, 0.1) is 29.8 Å². The molecule has 9 nitrogen and oxygen atoms in total. The standard InChI is InChI=1S/C28H38N4O5/c1-6-21(16-36-5)32-24-11-10-19(14-29-25(18(3)33)28(35)37-22-8-7-9-22)13-23(24)30-26(32)20-12-17(2)27(34)31(4)15-20/h10-13,15,18,21-22,25,29,33H,6-9,14,16H2,1-5H3. The number of hydrogen-bond donors (Lipinski definition) is 2. The average Bonchev–Trinajstić information content (AvgIpc) is 3.21. The molecule has 200 valence electrons. The SMILES string of the molecule is CCC(COC)n1c(-c2cc(C)c(=O)n(C)c2)nc2cc(CNC(C(=O)OC3CCC3)C(C)O)ccc21. The van der Waals surface area contributed by atoms with Crippen molar-refractivity contribution in [2.75, 3.05) is 13.7 Å². The molecule has 9 heteroatoms. The van der Waals surface area contributed by atoms with Crippen LogP contribution in [0.15, 0.2) is 35.3 Å². The lowest BCUT2D eigenvalue weighted by atomic mass is 9.96. The first kappa shape index (κ1) is 27.0. The number of carbonyl (C=O) groups excluding carboxylic acids is 1. The number of hydrogen-bond acceptors (Lipinski definition) is 7.